The standard InChI is InChI=1S/C20H22N2OS/c1-3-22(16-9-8-14-11-21-12-15(14)10-16)20(23)19-13(2)17-6-4-5-7-18(17)24-19/h4-7,12,16H,3,8-11H2,1-2H3. The summed E-state index contributed by atoms with van der Waals surface area (Å²) in [6, 6.07) is 8.60. The fourth-order valence-electron chi connectivity index (χ4n) is 3.93. The summed E-state index contributed by atoms with van der Waals surface area (Å²) in [6.07, 6.45) is 5.12. The predicted molar refractivity (Wildman–Crippen MR) is 101 cm³/mol. The highest BCUT2D eigenvalue weighted by molar-refractivity contribution is 7.21. The Kier molecular flexibility index (Phi) is 4.01. The first kappa shape index (κ1) is 15.6. The summed E-state index contributed by atoms with van der Waals surface area (Å²) in [5.74, 6) is 0.195. The van der Waals surface area contributed by atoms with Crippen LogP contribution in [0.25, 0.3) is 10.1 Å². The van der Waals surface area contributed by atoms with E-state index in [0.29, 0.717) is 6.04 Å². The molecule has 2 heterocycles. The van der Waals surface area contributed by atoms with Crippen LogP contribution in [0, 0.1) is 6.92 Å². The van der Waals surface area contributed by atoms with Crippen molar-refractivity contribution in [2.45, 2.75) is 39.2 Å². The Labute approximate surface area is 146 Å². The van der Waals surface area contributed by atoms with Gasteiger partial charge in [0.15, 0.2) is 0 Å². The summed E-state index contributed by atoms with van der Waals surface area (Å²) in [5.41, 5.74) is 3.97. The maximum absolute atomic E-state index is 13.2. The van der Waals surface area contributed by atoms with Crippen LogP contribution in [0.4, 0.5) is 0 Å². The molecule has 0 fully saturated rings. The number of carbonyl (C=O) groups excluding carboxylic acids is 1. The molecule has 24 heavy (non-hydrogen) atoms. The minimum Gasteiger partial charge on any atom is -0.335 e. The van der Waals surface area contributed by atoms with Crippen molar-refractivity contribution in [2.24, 2.45) is 4.99 Å². The molecule has 0 saturated heterocycles. The van der Waals surface area contributed by atoms with Crippen LogP contribution in [0.3, 0.4) is 0 Å². The van der Waals surface area contributed by atoms with E-state index in [2.05, 4.69) is 35.9 Å². The molecule has 1 aromatic heterocycles. The van der Waals surface area contributed by atoms with E-state index < -0.39 is 0 Å². The van der Waals surface area contributed by atoms with Crippen molar-refractivity contribution < 1.29 is 4.79 Å². The van der Waals surface area contributed by atoms with Crippen molar-refractivity contribution in [3.8, 4) is 0 Å². The first-order valence-corrected chi connectivity index (χ1v) is 9.50. The summed E-state index contributed by atoms with van der Waals surface area (Å²) >= 11 is 1.63. The molecule has 0 radical (unpaired) electrons. The van der Waals surface area contributed by atoms with Gasteiger partial charge in [0.05, 0.1) is 11.4 Å². The molecule has 1 atom stereocenters. The van der Waals surface area contributed by atoms with Gasteiger partial charge in [0, 0.05) is 23.5 Å². The highest BCUT2D eigenvalue weighted by Crippen LogP contribution is 2.34. The van der Waals surface area contributed by atoms with Crippen LogP contribution in [0.15, 0.2) is 40.4 Å². The molecule has 1 unspecified atom stereocenters. The molecular formula is C20H22N2OS. The molecule has 1 amide bonds. The fourth-order valence-corrected chi connectivity index (χ4v) is 5.10. The van der Waals surface area contributed by atoms with Crippen LogP contribution in [0.5, 0.6) is 0 Å². The van der Waals surface area contributed by atoms with Crippen LogP contribution in [-0.4, -0.2) is 36.2 Å². The van der Waals surface area contributed by atoms with Gasteiger partial charge in [0.1, 0.15) is 0 Å². The van der Waals surface area contributed by atoms with Gasteiger partial charge in [0.25, 0.3) is 5.91 Å². The van der Waals surface area contributed by atoms with Gasteiger partial charge in [-0.3, -0.25) is 9.79 Å². The third-order valence-corrected chi connectivity index (χ3v) is 6.56. The number of hydrogen-bond acceptors (Lipinski definition) is 3. The van der Waals surface area contributed by atoms with Crippen molar-refractivity contribution >= 4 is 33.5 Å². The van der Waals surface area contributed by atoms with Gasteiger partial charge < -0.3 is 4.90 Å². The monoisotopic (exact) mass is 338 g/mol. The van der Waals surface area contributed by atoms with Gasteiger partial charge in [-0.1, -0.05) is 18.2 Å². The number of thiophene rings is 1. The molecule has 1 aliphatic carbocycles. The molecule has 0 saturated carbocycles. The smallest absolute Gasteiger partial charge is 0.264 e. The molecule has 0 spiro atoms. The van der Waals surface area contributed by atoms with Crippen LogP contribution in [-0.2, 0) is 0 Å². The number of benzene rings is 1. The predicted octanol–water partition coefficient (Wildman–Crippen LogP) is 4.61. The van der Waals surface area contributed by atoms with Crippen molar-refractivity contribution in [3.05, 3.63) is 45.9 Å². The molecular weight excluding hydrogens is 316 g/mol. The summed E-state index contributed by atoms with van der Waals surface area (Å²) in [4.78, 5) is 20.6. The van der Waals surface area contributed by atoms with Gasteiger partial charge in [-0.25, -0.2) is 0 Å². The third-order valence-electron chi connectivity index (χ3n) is 5.30. The fraction of sp³-hybridized carbons (Fsp3) is 0.400. The molecule has 2 aromatic rings. The average molecular weight is 338 g/mol. The zero-order valence-electron chi connectivity index (χ0n) is 14.2. The minimum atomic E-state index is 0.195. The highest BCUT2D eigenvalue weighted by atomic mass is 32.1. The lowest BCUT2D eigenvalue weighted by Crippen LogP contribution is -2.41. The Hall–Kier alpha value is -1.94. The molecule has 1 aliphatic heterocycles. The normalized spacial score (nSPS) is 19.8. The van der Waals surface area contributed by atoms with Gasteiger partial charge in [-0.2, -0.15) is 0 Å². The zero-order valence-corrected chi connectivity index (χ0v) is 15.0. The summed E-state index contributed by atoms with van der Waals surface area (Å²) in [7, 11) is 0. The minimum absolute atomic E-state index is 0.195. The topological polar surface area (TPSA) is 32.7 Å². The van der Waals surface area contributed by atoms with Gasteiger partial charge >= 0.3 is 0 Å². The van der Waals surface area contributed by atoms with Crippen molar-refractivity contribution in [3.63, 3.8) is 0 Å². The molecule has 2 aliphatic rings. The molecule has 0 bridgehead atoms. The number of hydrogen-bond donors (Lipinski definition) is 0. The number of aryl methyl sites for hydroxylation is 1. The first-order chi connectivity index (χ1) is 11.7. The van der Waals surface area contributed by atoms with Crippen molar-refractivity contribution in [2.75, 3.05) is 13.1 Å². The largest absolute Gasteiger partial charge is 0.335 e. The highest BCUT2D eigenvalue weighted by Gasteiger charge is 2.30. The number of amides is 1. The number of fused-ring (bicyclic) bond motifs is 1. The van der Waals surface area contributed by atoms with E-state index in [0.717, 1.165) is 42.8 Å². The Bertz CT molecular complexity index is 862. The molecule has 4 heteroatoms. The summed E-state index contributed by atoms with van der Waals surface area (Å²) in [6.45, 7) is 5.80. The lowest BCUT2D eigenvalue weighted by atomic mass is 9.89. The maximum atomic E-state index is 13.2. The molecule has 1 aromatic carbocycles. The van der Waals surface area contributed by atoms with E-state index in [4.69, 9.17) is 0 Å². The van der Waals surface area contributed by atoms with Crippen molar-refractivity contribution in [1.29, 1.82) is 0 Å². The zero-order chi connectivity index (χ0) is 16.7. The Morgan fingerprint density at radius 3 is 3.00 bits per heavy atom. The number of aliphatic imine (C=N–C) groups is 1. The summed E-state index contributed by atoms with van der Waals surface area (Å²) < 4.78 is 1.20. The number of rotatable bonds is 3. The van der Waals surface area contributed by atoms with E-state index in [9.17, 15) is 4.79 Å². The van der Waals surface area contributed by atoms with E-state index >= 15 is 0 Å². The van der Waals surface area contributed by atoms with Gasteiger partial charge in [0.2, 0.25) is 0 Å². The van der Waals surface area contributed by atoms with E-state index in [1.165, 1.54) is 21.2 Å². The first-order valence-electron chi connectivity index (χ1n) is 8.69. The maximum Gasteiger partial charge on any atom is 0.264 e. The second-order valence-electron chi connectivity index (χ2n) is 6.64. The molecule has 3 nitrogen and oxygen atoms in total. The van der Waals surface area contributed by atoms with Gasteiger partial charge in [-0.15, -0.1) is 11.3 Å². The van der Waals surface area contributed by atoms with E-state index in [1.54, 1.807) is 11.3 Å². The van der Waals surface area contributed by atoms with Crippen LogP contribution in [0.1, 0.15) is 41.4 Å². The SMILES string of the molecule is CCN(C(=O)c1sc2ccccc2c1C)C1CCC2=C(C=NC2)C1. The Balaban J connectivity index is 1.64. The quantitative estimate of drug-likeness (QED) is 0.804. The average Bonchev–Trinajstić information content (AvgIpc) is 3.20. The lowest BCUT2D eigenvalue weighted by Gasteiger charge is -2.34. The van der Waals surface area contributed by atoms with Crippen LogP contribution >= 0.6 is 11.3 Å². The molecule has 4 rings (SSSR count). The third kappa shape index (κ3) is 2.49. The van der Waals surface area contributed by atoms with Crippen molar-refractivity contribution in [1.82, 2.24) is 4.90 Å². The van der Waals surface area contributed by atoms with Gasteiger partial charge in [-0.05, 0) is 61.3 Å². The molecule has 124 valence electrons. The van der Waals surface area contributed by atoms with E-state index in [-0.39, 0.29) is 5.91 Å². The van der Waals surface area contributed by atoms with E-state index in [1.807, 2.05) is 18.3 Å². The second-order valence-corrected chi connectivity index (χ2v) is 7.69. The van der Waals surface area contributed by atoms with Crippen LogP contribution < -0.4 is 0 Å². The molecule has 0 N–H and O–H groups in total. The Morgan fingerprint density at radius 1 is 1.38 bits per heavy atom. The number of nitrogens with zero attached hydrogens (tertiary/aromatic N) is 2. The lowest BCUT2D eigenvalue weighted by molar-refractivity contribution is 0.0681. The summed E-state index contributed by atoms with van der Waals surface area (Å²) in [5, 5.41) is 1.21. The second kappa shape index (κ2) is 6.17. The Morgan fingerprint density at radius 2 is 2.21 bits per heavy atom. The number of carbonyl (C=O) groups is 1. The van der Waals surface area contributed by atoms with Crippen LogP contribution in [0.2, 0.25) is 0 Å².